The van der Waals surface area contributed by atoms with Crippen molar-refractivity contribution < 1.29 is 22.7 Å². The summed E-state index contributed by atoms with van der Waals surface area (Å²) in [5.41, 5.74) is 0.368. The Balaban J connectivity index is 1.79. The third-order valence-electron chi connectivity index (χ3n) is 3.98. The highest BCUT2D eigenvalue weighted by molar-refractivity contribution is 7.89. The maximum atomic E-state index is 12.6. The number of carbonyl (C=O) groups excluding carboxylic acids is 1. The van der Waals surface area contributed by atoms with E-state index in [4.69, 9.17) is 9.47 Å². The summed E-state index contributed by atoms with van der Waals surface area (Å²) in [5.74, 6) is 0.671. The van der Waals surface area contributed by atoms with E-state index in [9.17, 15) is 13.2 Å². The number of sulfonamides is 1. The van der Waals surface area contributed by atoms with Gasteiger partial charge in [-0.2, -0.15) is 0 Å². The molecule has 7 nitrogen and oxygen atoms in total. The number of nitrogens with one attached hydrogen (secondary N) is 1. The number of nitrogens with zero attached hydrogens (tertiary/aromatic N) is 1. The minimum atomic E-state index is -3.58. The fraction of sp³-hybridized carbons (Fsp3) is 0.278. The van der Waals surface area contributed by atoms with Crippen molar-refractivity contribution in [2.24, 2.45) is 0 Å². The molecule has 0 spiro atoms. The average molecular weight is 376 g/mol. The summed E-state index contributed by atoms with van der Waals surface area (Å²) >= 11 is 0. The Morgan fingerprint density at radius 3 is 2.35 bits per heavy atom. The van der Waals surface area contributed by atoms with E-state index in [-0.39, 0.29) is 4.90 Å². The topological polar surface area (TPSA) is 84.9 Å². The zero-order chi connectivity index (χ0) is 18.9. The molecule has 1 aliphatic heterocycles. The smallest absolute Gasteiger partial charge is 0.269 e. The highest BCUT2D eigenvalue weighted by Gasteiger charge is 2.34. The van der Waals surface area contributed by atoms with Crippen LogP contribution in [0.15, 0.2) is 53.4 Å². The van der Waals surface area contributed by atoms with E-state index in [0.717, 1.165) is 4.31 Å². The lowest BCUT2D eigenvalue weighted by molar-refractivity contribution is -0.128. The number of para-hydroxylation sites is 2. The fourth-order valence-corrected chi connectivity index (χ4v) is 3.51. The van der Waals surface area contributed by atoms with Crippen molar-refractivity contribution in [3.8, 4) is 11.5 Å². The Morgan fingerprint density at radius 2 is 1.69 bits per heavy atom. The normalized spacial score (nSPS) is 19.2. The van der Waals surface area contributed by atoms with Gasteiger partial charge in [0.05, 0.1) is 4.90 Å². The molecule has 0 aliphatic carbocycles. The first kappa shape index (κ1) is 18.2. The predicted octanol–water partition coefficient (Wildman–Crippen LogP) is 2.10. The van der Waals surface area contributed by atoms with Crippen molar-refractivity contribution in [3.63, 3.8) is 0 Å². The van der Waals surface area contributed by atoms with Gasteiger partial charge in [0.15, 0.2) is 11.5 Å². The minimum absolute atomic E-state index is 0.0968. The SMILES string of the molecule is C[C@@H]1Oc2ccccc2O[C@H]1C(=O)Nc1cccc(S(=O)(=O)N(C)C)c1. The molecule has 138 valence electrons. The number of hydrogen-bond acceptors (Lipinski definition) is 5. The summed E-state index contributed by atoms with van der Waals surface area (Å²) in [6.45, 7) is 1.74. The van der Waals surface area contributed by atoms with Crippen LogP contribution in [0, 0.1) is 0 Å². The number of rotatable bonds is 4. The Kier molecular flexibility index (Phi) is 4.88. The maximum absolute atomic E-state index is 12.6. The number of fused-ring (bicyclic) bond motifs is 1. The largest absolute Gasteiger partial charge is 0.482 e. The van der Waals surface area contributed by atoms with E-state index in [1.165, 1.54) is 26.2 Å². The maximum Gasteiger partial charge on any atom is 0.269 e. The Bertz CT molecular complexity index is 927. The summed E-state index contributed by atoms with van der Waals surface area (Å²) in [7, 11) is -0.682. The molecular formula is C18H20N2O5S. The van der Waals surface area contributed by atoms with Gasteiger partial charge in [0.25, 0.3) is 5.91 Å². The van der Waals surface area contributed by atoms with Crippen LogP contribution in [-0.4, -0.2) is 44.9 Å². The molecule has 0 aromatic heterocycles. The van der Waals surface area contributed by atoms with Crippen molar-refractivity contribution in [1.82, 2.24) is 4.31 Å². The molecule has 0 radical (unpaired) electrons. The molecular weight excluding hydrogens is 356 g/mol. The van der Waals surface area contributed by atoms with E-state index in [2.05, 4.69) is 5.32 Å². The van der Waals surface area contributed by atoms with Gasteiger partial charge in [-0.1, -0.05) is 18.2 Å². The van der Waals surface area contributed by atoms with Gasteiger partial charge in [-0.05, 0) is 37.3 Å². The van der Waals surface area contributed by atoms with E-state index in [0.29, 0.717) is 17.2 Å². The van der Waals surface area contributed by atoms with E-state index < -0.39 is 28.1 Å². The highest BCUT2D eigenvalue weighted by atomic mass is 32.2. The van der Waals surface area contributed by atoms with Gasteiger partial charge in [0.2, 0.25) is 16.1 Å². The summed E-state index contributed by atoms with van der Waals surface area (Å²) in [4.78, 5) is 12.7. The molecule has 0 bridgehead atoms. The molecule has 2 aromatic carbocycles. The predicted molar refractivity (Wildman–Crippen MR) is 96.9 cm³/mol. The van der Waals surface area contributed by atoms with E-state index in [1.807, 2.05) is 6.07 Å². The first-order chi connectivity index (χ1) is 12.3. The molecule has 0 saturated carbocycles. The standard InChI is InChI=1S/C18H20N2O5S/c1-12-17(25-16-10-5-4-9-15(16)24-12)18(21)19-13-7-6-8-14(11-13)26(22,23)20(2)3/h4-12,17H,1-3H3,(H,19,21)/t12-,17+/m0/s1. The molecule has 1 heterocycles. The molecule has 2 aromatic rings. The summed E-state index contributed by atoms with van der Waals surface area (Å²) in [6.07, 6.45) is -1.34. The van der Waals surface area contributed by atoms with E-state index in [1.54, 1.807) is 37.3 Å². The van der Waals surface area contributed by atoms with Crippen molar-refractivity contribution in [1.29, 1.82) is 0 Å². The van der Waals surface area contributed by atoms with Crippen LogP contribution in [0.3, 0.4) is 0 Å². The fourth-order valence-electron chi connectivity index (χ4n) is 2.56. The summed E-state index contributed by atoms with van der Waals surface area (Å²) < 4.78 is 37.0. The second-order valence-electron chi connectivity index (χ2n) is 6.11. The third-order valence-corrected chi connectivity index (χ3v) is 5.79. The average Bonchev–Trinajstić information content (AvgIpc) is 2.61. The molecule has 26 heavy (non-hydrogen) atoms. The first-order valence-electron chi connectivity index (χ1n) is 8.05. The Morgan fingerprint density at radius 1 is 1.04 bits per heavy atom. The number of carbonyl (C=O) groups is 1. The number of hydrogen-bond donors (Lipinski definition) is 1. The second-order valence-corrected chi connectivity index (χ2v) is 8.26. The zero-order valence-electron chi connectivity index (χ0n) is 14.7. The van der Waals surface area contributed by atoms with Crippen molar-refractivity contribution in [2.75, 3.05) is 19.4 Å². The lowest BCUT2D eigenvalue weighted by atomic mass is 10.1. The van der Waals surface area contributed by atoms with Crippen LogP contribution in [0.5, 0.6) is 11.5 Å². The first-order valence-corrected chi connectivity index (χ1v) is 9.49. The molecule has 1 amide bonds. The van der Waals surface area contributed by atoms with Crippen LogP contribution in [0.1, 0.15) is 6.92 Å². The molecule has 1 N–H and O–H groups in total. The molecule has 0 fully saturated rings. The lowest BCUT2D eigenvalue weighted by Crippen LogP contribution is -2.46. The van der Waals surface area contributed by atoms with Crippen LogP contribution < -0.4 is 14.8 Å². The van der Waals surface area contributed by atoms with Gasteiger partial charge in [0, 0.05) is 19.8 Å². The van der Waals surface area contributed by atoms with Crippen molar-refractivity contribution in [3.05, 3.63) is 48.5 Å². The molecule has 0 saturated heterocycles. The monoisotopic (exact) mass is 376 g/mol. The van der Waals surface area contributed by atoms with E-state index >= 15 is 0 Å². The van der Waals surface area contributed by atoms with Gasteiger partial charge < -0.3 is 14.8 Å². The Hall–Kier alpha value is -2.58. The van der Waals surface area contributed by atoms with Gasteiger partial charge in [0.1, 0.15) is 6.10 Å². The summed E-state index contributed by atoms with van der Waals surface area (Å²) in [6, 6.07) is 13.2. The van der Waals surface area contributed by atoms with Crippen LogP contribution in [0.4, 0.5) is 5.69 Å². The van der Waals surface area contributed by atoms with Crippen LogP contribution in [0.25, 0.3) is 0 Å². The van der Waals surface area contributed by atoms with Crippen molar-refractivity contribution in [2.45, 2.75) is 24.0 Å². The minimum Gasteiger partial charge on any atom is -0.482 e. The van der Waals surface area contributed by atoms with Gasteiger partial charge in [-0.3, -0.25) is 4.79 Å². The summed E-state index contributed by atoms with van der Waals surface area (Å²) in [5, 5.41) is 2.70. The highest BCUT2D eigenvalue weighted by Crippen LogP contribution is 2.33. The molecule has 3 rings (SSSR count). The number of anilines is 1. The Labute approximate surface area is 152 Å². The third kappa shape index (κ3) is 3.51. The second kappa shape index (κ2) is 6.97. The van der Waals surface area contributed by atoms with Crippen LogP contribution in [0.2, 0.25) is 0 Å². The van der Waals surface area contributed by atoms with Gasteiger partial charge in [-0.15, -0.1) is 0 Å². The van der Waals surface area contributed by atoms with Gasteiger partial charge >= 0.3 is 0 Å². The zero-order valence-corrected chi connectivity index (χ0v) is 15.5. The van der Waals surface area contributed by atoms with Crippen molar-refractivity contribution >= 4 is 21.6 Å². The molecule has 2 atom stereocenters. The quantitative estimate of drug-likeness (QED) is 0.883. The van der Waals surface area contributed by atoms with Crippen LogP contribution in [-0.2, 0) is 14.8 Å². The number of benzene rings is 2. The number of ether oxygens (including phenoxy) is 2. The van der Waals surface area contributed by atoms with Crippen LogP contribution >= 0.6 is 0 Å². The lowest BCUT2D eigenvalue weighted by Gasteiger charge is -2.31. The van der Waals surface area contributed by atoms with Gasteiger partial charge in [-0.25, -0.2) is 12.7 Å². The molecule has 1 aliphatic rings. The molecule has 0 unspecified atom stereocenters. The molecule has 8 heteroatoms. The number of amides is 1.